The molecule has 3 rings (SSSR count). The molecule has 36 heavy (non-hydrogen) atoms. The number of aromatic nitrogens is 2. The number of hydrogen-bond donors (Lipinski definition) is 3. The quantitative estimate of drug-likeness (QED) is 0.366. The summed E-state index contributed by atoms with van der Waals surface area (Å²) in [5.74, 6) is -2.62. The van der Waals surface area contributed by atoms with Crippen molar-refractivity contribution >= 4 is 35.0 Å². The van der Waals surface area contributed by atoms with Crippen LogP contribution in [0.1, 0.15) is 36.8 Å². The second-order valence-electron chi connectivity index (χ2n) is 8.60. The van der Waals surface area contributed by atoms with E-state index in [2.05, 4.69) is 26.1 Å². The van der Waals surface area contributed by atoms with Crippen LogP contribution in [-0.2, 0) is 17.3 Å². The van der Waals surface area contributed by atoms with Crippen LogP contribution in [0.4, 0.5) is 24.7 Å². The lowest BCUT2D eigenvalue weighted by molar-refractivity contribution is -0.192. The molecule has 0 aliphatic heterocycles. The SMILES string of the molecule is COc1ccc(Nc2c(-c3ccc(Cl)cc3)c(C(C)(C)C)nn2C)c(C(=O)O)c1.O=C(O)C(F)(F)F. The number of benzene rings is 2. The van der Waals surface area contributed by atoms with E-state index >= 15 is 0 Å². The molecule has 0 aliphatic rings. The van der Waals surface area contributed by atoms with Crippen molar-refractivity contribution in [2.75, 3.05) is 12.4 Å². The number of anilines is 2. The van der Waals surface area contributed by atoms with E-state index in [9.17, 15) is 23.1 Å². The molecule has 194 valence electrons. The number of carboxylic acid groups (broad SMARTS) is 2. The third-order valence-electron chi connectivity index (χ3n) is 4.84. The van der Waals surface area contributed by atoms with Crippen LogP contribution >= 0.6 is 11.6 Å². The zero-order valence-electron chi connectivity index (χ0n) is 20.1. The Labute approximate surface area is 210 Å². The Balaban J connectivity index is 0.000000572. The number of ether oxygens (including phenoxy) is 1. The number of alkyl halides is 3. The van der Waals surface area contributed by atoms with Gasteiger partial charge in [0, 0.05) is 23.0 Å². The van der Waals surface area contributed by atoms with Crippen molar-refractivity contribution in [3.8, 4) is 16.9 Å². The Bertz CT molecular complexity index is 1250. The highest BCUT2D eigenvalue weighted by Gasteiger charge is 2.38. The predicted molar refractivity (Wildman–Crippen MR) is 129 cm³/mol. The van der Waals surface area contributed by atoms with Gasteiger partial charge in [0.1, 0.15) is 11.6 Å². The van der Waals surface area contributed by atoms with Gasteiger partial charge in [0.25, 0.3) is 0 Å². The van der Waals surface area contributed by atoms with Crippen LogP contribution in [0, 0.1) is 0 Å². The number of aryl methyl sites for hydroxylation is 1. The summed E-state index contributed by atoms with van der Waals surface area (Å²) in [5, 5.41) is 25.4. The van der Waals surface area contributed by atoms with E-state index in [1.54, 1.807) is 16.8 Å². The summed E-state index contributed by atoms with van der Waals surface area (Å²) in [4.78, 5) is 20.7. The summed E-state index contributed by atoms with van der Waals surface area (Å²) in [7, 11) is 3.34. The van der Waals surface area contributed by atoms with Crippen LogP contribution < -0.4 is 10.1 Å². The maximum atomic E-state index is 11.8. The summed E-state index contributed by atoms with van der Waals surface area (Å²) >= 11 is 6.07. The monoisotopic (exact) mass is 527 g/mol. The molecule has 0 saturated heterocycles. The normalized spacial score (nSPS) is 11.4. The van der Waals surface area contributed by atoms with Gasteiger partial charge in [-0.05, 0) is 35.9 Å². The van der Waals surface area contributed by atoms with Gasteiger partial charge in [-0.2, -0.15) is 18.3 Å². The molecule has 0 bridgehead atoms. The van der Waals surface area contributed by atoms with Crippen molar-refractivity contribution in [2.45, 2.75) is 32.4 Å². The second-order valence-corrected chi connectivity index (χ2v) is 9.03. The molecule has 0 aliphatic carbocycles. The number of aliphatic carboxylic acids is 1. The first-order chi connectivity index (χ1) is 16.6. The average Bonchev–Trinajstić information content (AvgIpc) is 3.10. The lowest BCUT2D eigenvalue weighted by atomic mass is 9.87. The zero-order valence-corrected chi connectivity index (χ0v) is 20.8. The Morgan fingerprint density at radius 1 is 1.06 bits per heavy atom. The van der Waals surface area contributed by atoms with Gasteiger partial charge in [-0.1, -0.05) is 44.5 Å². The minimum atomic E-state index is -5.08. The third kappa shape index (κ3) is 6.91. The molecule has 3 N–H and O–H groups in total. The molecule has 3 aromatic rings. The molecular formula is C24H25ClF3N3O5. The van der Waals surface area contributed by atoms with Crippen molar-refractivity contribution in [3.63, 3.8) is 0 Å². The summed E-state index contributed by atoms with van der Waals surface area (Å²) in [6.07, 6.45) is -5.08. The number of nitrogens with one attached hydrogen (secondary N) is 1. The van der Waals surface area contributed by atoms with Gasteiger partial charge in [-0.25, -0.2) is 9.59 Å². The minimum Gasteiger partial charge on any atom is -0.497 e. The van der Waals surface area contributed by atoms with E-state index in [0.717, 1.165) is 16.8 Å². The Kier molecular flexibility index (Phi) is 8.63. The Morgan fingerprint density at radius 2 is 1.61 bits per heavy atom. The average molecular weight is 528 g/mol. The van der Waals surface area contributed by atoms with E-state index in [1.165, 1.54) is 13.2 Å². The first-order valence-electron chi connectivity index (χ1n) is 10.4. The smallest absolute Gasteiger partial charge is 0.490 e. The first-order valence-corrected chi connectivity index (χ1v) is 10.8. The van der Waals surface area contributed by atoms with Crippen molar-refractivity contribution in [1.29, 1.82) is 0 Å². The molecule has 0 saturated carbocycles. The highest BCUT2D eigenvalue weighted by atomic mass is 35.5. The topological polar surface area (TPSA) is 114 Å². The van der Waals surface area contributed by atoms with Crippen molar-refractivity contribution in [2.24, 2.45) is 7.05 Å². The van der Waals surface area contributed by atoms with E-state index in [0.29, 0.717) is 22.3 Å². The molecule has 12 heteroatoms. The first kappa shape index (κ1) is 28.5. The Hall–Kier alpha value is -3.73. The highest BCUT2D eigenvalue weighted by Crippen LogP contribution is 2.40. The number of aromatic carboxylic acids is 1. The maximum absolute atomic E-state index is 11.8. The predicted octanol–water partition coefficient (Wildman–Crippen LogP) is 6.12. The molecule has 0 radical (unpaired) electrons. The van der Waals surface area contributed by atoms with Crippen LogP contribution in [0.25, 0.3) is 11.1 Å². The van der Waals surface area contributed by atoms with E-state index in [4.69, 9.17) is 31.3 Å². The summed E-state index contributed by atoms with van der Waals surface area (Å²) < 4.78 is 38.6. The zero-order chi connectivity index (χ0) is 27.4. The number of methoxy groups -OCH3 is 1. The van der Waals surface area contributed by atoms with Gasteiger partial charge < -0.3 is 20.3 Å². The van der Waals surface area contributed by atoms with Crippen LogP contribution in [0.2, 0.25) is 5.02 Å². The number of carboxylic acids is 2. The summed E-state index contributed by atoms with van der Waals surface area (Å²) in [5.41, 5.74) is 3.10. The summed E-state index contributed by atoms with van der Waals surface area (Å²) in [6, 6.07) is 12.4. The van der Waals surface area contributed by atoms with Gasteiger partial charge in [-0.15, -0.1) is 0 Å². The van der Waals surface area contributed by atoms with Crippen LogP contribution in [-0.4, -0.2) is 45.2 Å². The van der Waals surface area contributed by atoms with Crippen LogP contribution in [0.5, 0.6) is 5.75 Å². The second kappa shape index (κ2) is 10.9. The molecule has 0 atom stereocenters. The fraction of sp³-hybridized carbons (Fsp3) is 0.292. The lowest BCUT2D eigenvalue weighted by Gasteiger charge is -2.19. The molecule has 0 unspecified atom stereocenters. The largest absolute Gasteiger partial charge is 0.497 e. The van der Waals surface area contributed by atoms with E-state index in [1.807, 2.05) is 31.3 Å². The van der Waals surface area contributed by atoms with Gasteiger partial charge in [0.05, 0.1) is 24.1 Å². The molecule has 8 nitrogen and oxygen atoms in total. The number of carbonyl (C=O) groups is 2. The molecular weight excluding hydrogens is 503 g/mol. The standard InChI is InChI=1S/C22H24ClN3O3.C2HF3O2/c1-22(2,3)19-18(13-6-8-14(23)9-7-13)20(26(4)25-19)24-17-11-10-15(29-5)12-16(17)21(27)28;3-2(4,5)1(6)7/h6-12,24H,1-5H3,(H,27,28);(H,6,7). The van der Waals surface area contributed by atoms with E-state index < -0.39 is 18.1 Å². The van der Waals surface area contributed by atoms with Crippen molar-refractivity contribution < 1.29 is 37.7 Å². The number of hydrogen-bond acceptors (Lipinski definition) is 5. The Morgan fingerprint density at radius 3 is 2.06 bits per heavy atom. The van der Waals surface area contributed by atoms with Gasteiger partial charge in [0.15, 0.2) is 0 Å². The number of nitrogens with zero attached hydrogens (tertiary/aromatic N) is 2. The molecule has 1 heterocycles. The number of rotatable bonds is 5. The molecule has 1 aromatic heterocycles. The molecule has 2 aromatic carbocycles. The van der Waals surface area contributed by atoms with Gasteiger partial charge in [-0.3, -0.25) is 4.68 Å². The van der Waals surface area contributed by atoms with Gasteiger partial charge in [0.2, 0.25) is 0 Å². The van der Waals surface area contributed by atoms with Crippen molar-refractivity contribution in [1.82, 2.24) is 9.78 Å². The van der Waals surface area contributed by atoms with Crippen LogP contribution in [0.3, 0.4) is 0 Å². The van der Waals surface area contributed by atoms with Crippen LogP contribution in [0.15, 0.2) is 42.5 Å². The fourth-order valence-electron chi connectivity index (χ4n) is 3.15. The van der Waals surface area contributed by atoms with Crippen molar-refractivity contribution in [3.05, 3.63) is 58.7 Å². The lowest BCUT2D eigenvalue weighted by Crippen LogP contribution is -2.21. The molecule has 0 amide bonds. The highest BCUT2D eigenvalue weighted by molar-refractivity contribution is 6.30. The van der Waals surface area contributed by atoms with Gasteiger partial charge >= 0.3 is 18.1 Å². The minimum absolute atomic E-state index is 0.116. The summed E-state index contributed by atoms with van der Waals surface area (Å²) in [6.45, 7) is 6.28. The molecule has 0 spiro atoms. The maximum Gasteiger partial charge on any atom is 0.490 e. The number of halogens is 4. The van der Waals surface area contributed by atoms with E-state index in [-0.39, 0.29) is 11.0 Å². The molecule has 0 fully saturated rings. The fourth-order valence-corrected chi connectivity index (χ4v) is 3.27. The third-order valence-corrected chi connectivity index (χ3v) is 5.10.